The zero-order chi connectivity index (χ0) is 22.6. The van der Waals surface area contributed by atoms with Gasteiger partial charge in [0, 0.05) is 30.0 Å². The van der Waals surface area contributed by atoms with Gasteiger partial charge in [-0.25, -0.2) is 4.39 Å². The first-order valence-electron chi connectivity index (χ1n) is 10.6. The molecule has 1 aromatic carbocycles. The van der Waals surface area contributed by atoms with E-state index < -0.39 is 17.1 Å². The normalized spacial score (nSPS) is 24.6. The number of carbonyl (C=O) groups is 1. The van der Waals surface area contributed by atoms with Crippen LogP contribution in [0.15, 0.2) is 65.4 Å². The number of pyridine rings is 1. The van der Waals surface area contributed by atoms with Crippen molar-refractivity contribution in [3.8, 4) is 5.75 Å². The van der Waals surface area contributed by atoms with Gasteiger partial charge in [-0.3, -0.25) is 19.3 Å². The Hall–Kier alpha value is -3.00. The highest BCUT2D eigenvalue weighted by atomic mass is 32.2. The topological polar surface area (TPSA) is 65.8 Å². The SMILES string of the molecule is CC(C)N1CN(C2c3ccccc3CSC3C(F)=CC=CC32)n2ccc(=O)c(O)c2C1=O. The van der Waals surface area contributed by atoms with E-state index in [2.05, 4.69) is 6.07 Å². The molecular weight excluding hydrogens is 429 g/mol. The zero-order valence-electron chi connectivity index (χ0n) is 17.8. The molecule has 32 heavy (non-hydrogen) atoms. The summed E-state index contributed by atoms with van der Waals surface area (Å²) in [5, 5.41) is 12.2. The van der Waals surface area contributed by atoms with Crippen molar-refractivity contribution in [3.63, 3.8) is 0 Å². The number of aromatic nitrogens is 1. The maximum absolute atomic E-state index is 15.0. The van der Waals surface area contributed by atoms with Crippen molar-refractivity contribution in [1.29, 1.82) is 0 Å². The van der Waals surface area contributed by atoms with Crippen molar-refractivity contribution in [1.82, 2.24) is 9.58 Å². The van der Waals surface area contributed by atoms with Gasteiger partial charge < -0.3 is 10.0 Å². The Bertz CT molecular complexity index is 1210. The van der Waals surface area contributed by atoms with Crippen LogP contribution in [0.2, 0.25) is 0 Å². The molecular formula is C24H24FN3O3S. The van der Waals surface area contributed by atoms with E-state index in [0.29, 0.717) is 5.75 Å². The standard InChI is InChI=1S/C24H24FN3O3S/c1-14(2)26-13-28(27-11-10-19(29)22(30)21(27)24(26)31)20-16-7-4-3-6-15(16)12-32-23-17(20)8-5-9-18(23)25/h3-11,14,17,20,23,30H,12-13H2,1-2H3. The summed E-state index contributed by atoms with van der Waals surface area (Å²) in [7, 11) is 0. The van der Waals surface area contributed by atoms with Gasteiger partial charge in [-0.1, -0.05) is 36.4 Å². The molecule has 6 nitrogen and oxygen atoms in total. The van der Waals surface area contributed by atoms with Gasteiger partial charge in [0.2, 0.25) is 5.43 Å². The Morgan fingerprint density at radius 3 is 2.75 bits per heavy atom. The third-order valence-corrected chi connectivity index (χ3v) is 7.78. The summed E-state index contributed by atoms with van der Waals surface area (Å²) in [5.74, 6) is -0.663. The molecule has 3 heterocycles. The number of benzene rings is 1. The number of carbonyl (C=O) groups excluding carboxylic acids is 1. The van der Waals surface area contributed by atoms with Gasteiger partial charge in [-0.2, -0.15) is 0 Å². The number of hydrogen-bond donors (Lipinski definition) is 1. The largest absolute Gasteiger partial charge is 0.502 e. The summed E-state index contributed by atoms with van der Waals surface area (Å²) < 4.78 is 16.5. The molecule has 166 valence electrons. The summed E-state index contributed by atoms with van der Waals surface area (Å²) in [6.07, 6.45) is 6.81. The number of hydrogen-bond acceptors (Lipinski definition) is 5. The summed E-state index contributed by atoms with van der Waals surface area (Å²) in [6, 6.07) is 8.84. The fraction of sp³-hybridized carbons (Fsp3) is 0.333. The number of rotatable bonds is 2. The molecule has 0 saturated heterocycles. The van der Waals surface area contributed by atoms with E-state index in [4.69, 9.17) is 0 Å². The first-order chi connectivity index (χ1) is 15.4. The quantitative estimate of drug-likeness (QED) is 0.751. The molecule has 0 bridgehead atoms. The van der Waals surface area contributed by atoms with Crippen LogP contribution in [0.5, 0.6) is 5.75 Å². The summed E-state index contributed by atoms with van der Waals surface area (Å²) in [4.78, 5) is 27.0. The minimum Gasteiger partial charge on any atom is -0.502 e. The second-order valence-corrected chi connectivity index (χ2v) is 9.69. The van der Waals surface area contributed by atoms with Crippen LogP contribution < -0.4 is 10.4 Å². The number of amides is 1. The molecule has 3 atom stereocenters. The lowest BCUT2D eigenvalue weighted by Gasteiger charge is -2.47. The van der Waals surface area contributed by atoms with Crippen LogP contribution in [0.3, 0.4) is 0 Å². The van der Waals surface area contributed by atoms with Crippen molar-refractivity contribution >= 4 is 17.7 Å². The van der Waals surface area contributed by atoms with Gasteiger partial charge in [0.25, 0.3) is 5.91 Å². The lowest BCUT2D eigenvalue weighted by atomic mass is 9.85. The molecule has 0 saturated carbocycles. The molecule has 2 aliphatic heterocycles. The second-order valence-electron chi connectivity index (χ2n) is 8.56. The highest BCUT2D eigenvalue weighted by Gasteiger charge is 2.44. The second kappa shape index (κ2) is 7.85. The molecule has 3 unspecified atom stereocenters. The lowest BCUT2D eigenvalue weighted by Crippen LogP contribution is -2.58. The number of aromatic hydroxyl groups is 1. The van der Waals surface area contributed by atoms with E-state index in [1.165, 1.54) is 18.3 Å². The molecule has 1 N–H and O–H groups in total. The van der Waals surface area contributed by atoms with Crippen LogP contribution in [0.4, 0.5) is 4.39 Å². The van der Waals surface area contributed by atoms with Crippen molar-refractivity contribution in [3.05, 3.63) is 87.6 Å². The van der Waals surface area contributed by atoms with Crippen molar-refractivity contribution < 1.29 is 14.3 Å². The van der Waals surface area contributed by atoms with E-state index in [0.717, 1.165) is 11.1 Å². The van der Waals surface area contributed by atoms with Crippen LogP contribution in [0.25, 0.3) is 0 Å². The van der Waals surface area contributed by atoms with Crippen molar-refractivity contribution in [2.24, 2.45) is 5.92 Å². The van der Waals surface area contributed by atoms with Crippen molar-refractivity contribution in [2.75, 3.05) is 11.7 Å². The fourth-order valence-corrected chi connectivity index (χ4v) is 6.11. The number of halogens is 1. The summed E-state index contributed by atoms with van der Waals surface area (Å²) >= 11 is 1.57. The van der Waals surface area contributed by atoms with Gasteiger partial charge in [0.05, 0.1) is 11.3 Å². The summed E-state index contributed by atoms with van der Waals surface area (Å²) in [5.41, 5.74) is 1.50. The zero-order valence-corrected chi connectivity index (χ0v) is 18.6. The van der Waals surface area contributed by atoms with Crippen LogP contribution in [-0.4, -0.2) is 38.6 Å². The first kappa shape index (κ1) is 20.9. The maximum Gasteiger partial charge on any atom is 0.278 e. The Morgan fingerprint density at radius 2 is 1.97 bits per heavy atom. The number of thioether (sulfide) groups is 1. The average molecular weight is 454 g/mol. The van der Waals surface area contributed by atoms with Gasteiger partial charge in [0.1, 0.15) is 12.5 Å². The highest BCUT2D eigenvalue weighted by Crippen LogP contribution is 2.47. The molecule has 0 fully saturated rings. The van der Waals surface area contributed by atoms with Gasteiger partial charge in [-0.05, 0) is 31.1 Å². The number of nitrogens with zero attached hydrogens (tertiary/aromatic N) is 3. The first-order valence-corrected chi connectivity index (χ1v) is 11.7. The fourth-order valence-electron chi connectivity index (χ4n) is 4.79. The van der Waals surface area contributed by atoms with Crippen molar-refractivity contribution in [2.45, 2.75) is 36.9 Å². The number of fused-ring (bicyclic) bond motifs is 3. The van der Waals surface area contributed by atoms with Crippen LogP contribution in [-0.2, 0) is 5.75 Å². The molecule has 1 amide bonds. The van der Waals surface area contributed by atoms with E-state index in [1.807, 2.05) is 43.1 Å². The molecule has 1 aliphatic carbocycles. The molecule has 8 heteroatoms. The minimum absolute atomic E-state index is 0.0563. The molecule has 2 aromatic rings. The van der Waals surface area contributed by atoms with Crippen LogP contribution >= 0.6 is 11.8 Å². The smallest absolute Gasteiger partial charge is 0.278 e. The van der Waals surface area contributed by atoms with Gasteiger partial charge in [0.15, 0.2) is 11.4 Å². The van der Waals surface area contributed by atoms with E-state index >= 15 is 0 Å². The van der Waals surface area contributed by atoms with E-state index in [9.17, 15) is 19.1 Å². The molecule has 0 radical (unpaired) electrons. The minimum atomic E-state index is -0.601. The molecule has 5 rings (SSSR count). The molecule has 0 spiro atoms. The summed E-state index contributed by atoms with van der Waals surface area (Å²) in [6.45, 7) is 4.04. The van der Waals surface area contributed by atoms with E-state index in [-0.39, 0.29) is 41.4 Å². The maximum atomic E-state index is 15.0. The molecule has 1 aromatic heterocycles. The monoisotopic (exact) mass is 453 g/mol. The predicted octanol–water partition coefficient (Wildman–Crippen LogP) is 3.71. The Kier molecular flexibility index (Phi) is 5.12. The van der Waals surface area contributed by atoms with Crippen LogP contribution in [0.1, 0.15) is 41.5 Å². The Balaban J connectivity index is 1.74. The third kappa shape index (κ3) is 3.16. The van der Waals surface area contributed by atoms with E-state index in [1.54, 1.807) is 27.4 Å². The van der Waals surface area contributed by atoms with Crippen LogP contribution in [0, 0.1) is 5.92 Å². The number of allylic oxidation sites excluding steroid dienone is 2. The Morgan fingerprint density at radius 1 is 1.19 bits per heavy atom. The molecule has 3 aliphatic rings. The third-order valence-electron chi connectivity index (χ3n) is 6.40. The average Bonchev–Trinajstić information content (AvgIpc) is 2.94. The predicted molar refractivity (Wildman–Crippen MR) is 123 cm³/mol. The highest BCUT2D eigenvalue weighted by molar-refractivity contribution is 7.99. The Labute approximate surface area is 189 Å². The van der Waals surface area contributed by atoms with Gasteiger partial charge in [-0.15, -0.1) is 11.8 Å². The van der Waals surface area contributed by atoms with Gasteiger partial charge >= 0.3 is 0 Å². The lowest BCUT2D eigenvalue weighted by molar-refractivity contribution is 0.0609.